The van der Waals surface area contributed by atoms with Crippen molar-refractivity contribution in [1.29, 1.82) is 0 Å². The van der Waals surface area contributed by atoms with Crippen LogP contribution in [0.2, 0.25) is 0 Å². The van der Waals surface area contributed by atoms with Gasteiger partial charge in [-0.3, -0.25) is 18.6 Å². The molecule has 0 aromatic heterocycles. The van der Waals surface area contributed by atoms with Gasteiger partial charge >= 0.3 is 19.8 Å². The lowest BCUT2D eigenvalue weighted by Crippen LogP contribution is -2.29. The van der Waals surface area contributed by atoms with Gasteiger partial charge in [0.25, 0.3) is 0 Å². The molecule has 0 bridgehead atoms. The van der Waals surface area contributed by atoms with E-state index in [0.717, 1.165) is 109 Å². The maximum atomic E-state index is 12.8. The minimum Gasteiger partial charge on any atom is -0.462 e. The van der Waals surface area contributed by atoms with Gasteiger partial charge in [0.2, 0.25) is 0 Å². The number of nitrogens with two attached hydrogens (primary N) is 1. The molecule has 0 saturated carbocycles. The van der Waals surface area contributed by atoms with Crippen LogP contribution in [0.15, 0.2) is 134 Å². The highest BCUT2D eigenvalue weighted by Crippen LogP contribution is 2.43. The van der Waals surface area contributed by atoms with Gasteiger partial charge in [0, 0.05) is 19.4 Å². The molecule has 0 rings (SSSR count). The van der Waals surface area contributed by atoms with Crippen molar-refractivity contribution >= 4 is 19.8 Å². The second-order valence-electron chi connectivity index (χ2n) is 27.6. The van der Waals surface area contributed by atoms with Crippen molar-refractivity contribution < 1.29 is 37.6 Å². The third kappa shape index (κ3) is 83.0. The highest BCUT2D eigenvalue weighted by atomic mass is 31.2. The van der Waals surface area contributed by atoms with Gasteiger partial charge in [0.1, 0.15) is 6.61 Å². The number of phosphoric ester groups is 1. The average Bonchev–Trinajstić information content (AvgIpc) is 1.64. The smallest absolute Gasteiger partial charge is 0.462 e. The summed E-state index contributed by atoms with van der Waals surface area (Å²) in [6.07, 6.45) is 119. The van der Waals surface area contributed by atoms with E-state index in [1.54, 1.807) is 0 Å². The molecule has 0 saturated heterocycles. The molecule has 99 heavy (non-hydrogen) atoms. The molecule has 0 aliphatic heterocycles. The zero-order valence-corrected chi connectivity index (χ0v) is 65.3. The first-order valence-corrected chi connectivity index (χ1v) is 43.2. The van der Waals surface area contributed by atoms with Gasteiger partial charge in [0.05, 0.1) is 13.2 Å². The standard InChI is InChI=1S/C89H156NO8P/c1-3-5-7-9-11-13-15-17-19-21-23-25-27-29-31-33-35-37-39-41-42-43-44-46-47-49-51-53-55-57-59-61-63-65-67-69-71-73-75-77-79-81-88(91)95-85-87(86-97-99(93,94)96-84-83-90)98-89(92)82-80-78-76-74-72-70-68-66-64-62-60-58-56-54-52-50-48-45-40-38-36-34-32-30-28-26-24-22-20-18-16-14-12-10-8-6-4-2/h6,8,12,14,18,20,24,26,30,32,36,38,45,48,52,54,58,60,64,66,70,72,87H,3-5,7,9-11,13,15-17,19,21-23,25,27-29,31,33-35,37,39-44,46-47,49-51,53,55-57,59,61-63,65,67-69,71,73-86,90H2,1-2H3,(H,93,94)/b8-6-,14-12-,20-18-,26-24-,32-30-,38-36-,48-45-,54-52-,60-58-,66-64-,72-70-. The highest BCUT2D eigenvalue weighted by molar-refractivity contribution is 7.47. The number of hydrogen-bond acceptors (Lipinski definition) is 8. The minimum atomic E-state index is -4.42. The molecule has 2 atom stereocenters. The Morgan fingerprint density at radius 2 is 0.556 bits per heavy atom. The maximum absolute atomic E-state index is 12.8. The van der Waals surface area contributed by atoms with Gasteiger partial charge in [-0.05, 0) is 96.3 Å². The molecule has 570 valence electrons. The lowest BCUT2D eigenvalue weighted by atomic mass is 10.0. The first kappa shape index (κ1) is 95.2. The van der Waals surface area contributed by atoms with Crippen LogP contribution in [0.5, 0.6) is 0 Å². The third-order valence-corrected chi connectivity index (χ3v) is 19.0. The van der Waals surface area contributed by atoms with Gasteiger partial charge in [0.15, 0.2) is 6.10 Å². The van der Waals surface area contributed by atoms with E-state index < -0.39 is 26.5 Å². The zero-order valence-electron chi connectivity index (χ0n) is 64.4. The summed E-state index contributed by atoms with van der Waals surface area (Å²) in [5.41, 5.74) is 5.41. The Labute approximate surface area is 612 Å². The van der Waals surface area contributed by atoms with Gasteiger partial charge in [-0.15, -0.1) is 0 Å². The largest absolute Gasteiger partial charge is 0.472 e. The second-order valence-corrected chi connectivity index (χ2v) is 29.1. The molecule has 0 aromatic carbocycles. The minimum absolute atomic E-state index is 0.0424. The van der Waals surface area contributed by atoms with Crippen LogP contribution in [0.1, 0.15) is 386 Å². The fourth-order valence-electron chi connectivity index (χ4n) is 11.9. The number of unbranched alkanes of at least 4 members (excludes halogenated alkanes) is 43. The Balaban J connectivity index is 3.86. The van der Waals surface area contributed by atoms with Gasteiger partial charge in [-0.2, -0.15) is 0 Å². The van der Waals surface area contributed by atoms with Crippen molar-refractivity contribution in [2.24, 2.45) is 5.73 Å². The topological polar surface area (TPSA) is 134 Å². The van der Waals surface area contributed by atoms with Crippen molar-refractivity contribution in [3.05, 3.63) is 134 Å². The van der Waals surface area contributed by atoms with Crippen LogP contribution in [0.3, 0.4) is 0 Å². The Morgan fingerprint density at radius 3 is 0.828 bits per heavy atom. The Kier molecular flexibility index (Phi) is 79.9. The summed E-state index contributed by atoms with van der Waals surface area (Å²) in [5.74, 6) is -0.860. The van der Waals surface area contributed by atoms with Gasteiger partial charge in [-0.25, -0.2) is 4.57 Å². The van der Waals surface area contributed by atoms with Crippen LogP contribution >= 0.6 is 7.82 Å². The number of hydrogen-bond donors (Lipinski definition) is 2. The third-order valence-electron chi connectivity index (χ3n) is 18.1. The van der Waals surface area contributed by atoms with Crippen LogP contribution in [-0.4, -0.2) is 49.3 Å². The zero-order chi connectivity index (χ0) is 71.5. The van der Waals surface area contributed by atoms with E-state index in [4.69, 9.17) is 24.3 Å². The normalized spacial score (nSPS) is 13.5. The summed E-state index contributed by atoms with van der Waals surface area (Å²) in [6, 6.07) is 0. The van der Waals surface area contributed by atoms with E-state index in [-0.39, 0.29) is 38.6 Å². The quantitative estimate of drug-likeness (QED) is 0.0264. The van der Waals surface area contributed by atoms with Crippen molar-refractivity contribution in [2.75, 3.05) is 26.4 Å². The summed E-state index contributed by atoms with van der Waals surface area (Å²) in [6.45, 7) is 3.63. The molecular formula is C89H156NO8P. The highest BCUT2D eigenvalue weighted by Gasteiger charge is 2.26. The molecule has 0 aliphatic rings. The predicted octanol–water partition coefficient (Wildman–Crippen LogP) is 28.3. The molecule has 10 heteroatoms. The first-order valence-electron chi connectivity index (χ1n) is 41.7. The maximum Gasteiger partial charge on any atom is 0.472 e. The molecule has 0 aliphatic carbocycles. The van der Waals surface area contributed by atoms with E-state index in [1.165, 1.54) is 244 Å². The van der Waals surface area contributed by atoms with E-state index in [2.05, 4.69) is 148 Å². The molecule has 0 fully saturated rings. The molecule has 0 radical (unpaired) electrons. The number of carbonyl (C=O) groups excluding carboxylic acids is 2. The molecule has 0 heterocycles. The molecule has 9 nitrogen and oxygen atoms in total. The van der Waals surface area contributed by atoms with Crippen molar-refractivity contribution in [2.45, 2.75) is 392 Å². The van der Waals surface area contributed by atoms with Crippen LogP contribution in [-0.2, 0) is 32.7 Å². The second kappa shape index (κ2) is 83.1. The number of allylic oxidation sites excluding steroid dienone is 22. The average molecular weight is 1400 g/mol. The predicted molar refractivity (Wildman–Crippen MR) is 431 cm³/mol. The summed E-state index contributed by atoms with van der Waals surface area (Å²) in [7, 11) is -4.42. The van der Waals surface area contributed by atoms with E-state index >= 15 is 0 Å². The summed E-state index contributed by atoms with van der Waals surface area (Å²) in [4.78, 5) is 35.5. The van der Waals surface area contributed by atoms with Crippen LogP contribution in [0, 0.1) is 0 Å². The molecule has 0 aromatic rings. The SMILES string of the molecule is CC/C=C\C/C=C\C/C=C\C/C=C\C/C=C\C/C=C\C/C=C\C/C=C\C/C=C\C/C=C\C/C=C\CCCCCC(=O)OC(COC(=O)CCCCCCCCCCCCCCCCCCCCCCCCCCCCCCCCCCCCCCCCCCC)COP(=O)(O)OCCN. The van der Waals surface area contributed by atoms with Crippen molar-refractivity contribution in [1.82, 2.24) is 0 Å². The van der Waals surface area contributed by atoms with E-state index in [1.807, 2.05) is 0 Å². The lowest BCUT2D eigenvalue weighted by molar-refractivity contribution is -0.161. The fraction of sp³-hybridized carbons (Fsp3) is 0.730. The van der Waals surface area contributed by atoms with Gasteiger partial charge < -0.3 is 20.1 Å². The van der Waals surface area contributed by atoms with Crippen LogP contribution < -0.4 is 5.73 Å². The summed E-state index contributed by atoms with van der Waals surface area (Å²) in [5, 5.41) is 0. The fourth-order valence-corrected chi connectivity index (χ4v) is 12.7. The number of ether oxygens (including phenoxy) is 2. The van der Waals surface area contributed by atoms with E-state index in [9.17, 15) is 19.0 Å². The van der Waals surface area contributed by atoms with Crippen LogP contribution in [0.25, 0.3) is 0 Å². The lowest BCUT2D eigenvalue weighted by Gasteiger charge is -2.19. The summed E-state index contributed by atoms with van der Waals surface area (Å²) >= 11 is 0. The number of rotatable bonds is 78. The number of phosphoric acid groups is 1. The van der Waals surface area contributed by atoms with Gasteiger partial charge in [-0.1, -0.05) is 411 Å². The number of carbonyl (C=O) groups is 2. The monoisotopic (exact) mass is 1400 g/mol. The van der Waals surface area contributed by atoms with Crippen LogP contribution in [0.4, 0.5) is 0 Å². The molecule has 0 amide bonds. The van der Waals surface area contributed by atoms with Crippen molar-refractivity contribution in [3.63, 3.8) is 0 Å². The molecule has 0 spiro atoms. The molecule has 3 N–H and O–H groups in total. The van der Waals surface area contributed by atoms with Crippen molar-refractivity contribution in [3.8, 4) is 0 Å². The Hall–Kier alpha value is -3.85. The van der Waals surface area contributed by atoms with E-state index in [0.29, 0.717) is 6.42 Å². The Morgan fingerprint density at radius 1 is 0.313 bits per heavy atom. The summed E-state index contributed by atoms with van der Waals surface area (Å²) < 4.78 is 33.2. The first-order chi connectivity index (χ1) is 48.8. The molecular weight excluding hydrogens is 1240 g/mol. The Bertz CT molecular complexity index is 2100. The molecule has 2 unspecified atom stereocenters. The number of esters is 2.